The topological polar surface area (TPSA) is 37.4 Å². The fourth-order valence-corrected chi connectivity index (χ4v) is 5.48. The van der Waals surface area contributed by atoms with E-state index in [0.29, 0.717) is 30.6 Å². The first-order valence-corrected chi connectivity index (χ1v) is 11.0. The molecule has 0 bridgehead atoms. The molecule has 0 aromatic heterocycles. The Hall–Kier alpha value is -0.860. The maximum atomic E-state index is 12.7. The van der Waals surface area contributed by atoms with Gasteiger partial charge in [0.05, 0.1) is 0 Å². The summed E-state index contributed by atoms with van der Waals surface area (Å²) in [5, 5.41) is 0. The summed E-state index contributed by atoms with van der Waals surface area (Å²) in [6.07, 6.45) is 18.1. The minimum Gasteiger partial charge on any atom is -0.339 e. The zero-order valence-electron chi connectivity index (χ0n) is 16.0. The molecule has 0 aromatic carbocycles. The minimum absolute atomic E-state index is 0.316. The Bertz CT molecular complexity index is 439. The molecule has 2 unspecified atom stereocenters. The van der Waals surface area contributed by atoms with Crippen molar-refractivity contribution in [3.05, 3.63) is 0 Å². The predicted octanol–water partition coefficient (Wildman–Crippen LogP) is 5.27. The Morgan fingerprint density at radius 1 is 0.760 bits per heavy atom. The highest BCUT2D eigenvalue weighted by Crippen LogP contribution is 2.35. The van der Waals surface area contributed by atoms with Gasteiger partial charge in [0.25, 0.3) is 0 Å². The van der Waals surface area contributed by atoms with Crippen LogP contribution in [0.1, 0.15) is 103 Å². The molecule has 25 heavy (non-hydrogen) atoms. The third-order valence-electron chi connectivity index (χ3n) is 6.97. The highest BCUT2D eigenvalue weighted by atomic mass is 16.2. The molecule has 0 N–H and O–H groups in total. The first kappa shape index (κ1) is 18.9. The average molecular weight is 348 g/mol. The molecule has 0 aromatic rings. The number of ketones is 1. The van der Waals surface area contributed by atoms with Gasteiger partial charge in [0, 0.05) is 31.8 Å². The number of rotatable bonds is 7. The van der Waals surface area contributed by atoms with Gasteiger partial charge in [0.15, 0.2) is 0 Å². The van der Waals surface area contributed by atoms with Crippen LogP contribution in [0.2, 0.25) is 0 Å². The van der Waals surface area contributed by atoms with Gasteiger partial charge in [-0.2, -0.15) is 0 Å². The van der Waals surface area contributed by atoms with E-state index in [1.807, 2.05) is 0 Å². The fraction of sp³-hybridized carbons (Fsp3) is 0.909. The number of hydrogen-bond donors (Lipinski definition) is 0. The maximum absolute atomic E-state index is 12.7. The summed E-state index contributed by atoms with van der Waals surface area (Å²) in [5.41, 5.74) is 0. The van der Waals surface area contributed by atoms with Crippen LogP contribution in [0.25, 0.3) is 0 Å². The molecule has 3 fully saturated rings. The van der Waals surface area contributed by atoms with Crippen molar-refractivity contribution in [2.75, 3.05) is 6.54 Å². The van der Waals surface area contributed by atoms with Crippen molar-refractivity contribution in [3.63, 3.8) is 0 Å². The molecule has 1 amide bonds. The number of likely N-dealkylation sites (tertiary alicyclic amines) is 1. The van der Waals surface area contributed by atoms with Crippen molar-refractivity contribution in [2.24, 2.45) is 11.8 Å². The van der Waals surface area contributed by atoms with Crippen LogP contribution in [0.3, 0.4) is 0 Å². The van der Waals surface area contributed by atoms with Crippen molar-refractivity contribution < 1.29 is 9.59 Å². The van der Waals surface area contributed by atoms with E-state index in [1.54, 1.807) is 0 Å². The molecule has 1 saturated heterocycles. The lowest BCUT2D eigenvalue weighted by molar-refractivity contribution is -0.137. The Morgan fingerprint density at radius 2 is 1.48 bits per heavy atom. The van der Waals surface area contributed by atoms with Gasteiger partial charge in [-0.25, -0.2) is 0 Å². The van der Waals surface area contributed by atoms with E-state index >= 15 is 0 Å². The van der Waals surface area contributed by atoms with Crippen molar-refractivity contribution in [1.29, 1.82) is 0 Å². The van der Waals surface area contributed by atoms with Gasteiger partial charge in [-0.1, -0.05) is 44.9 Å². The molecule has 2 saturated carbocycles. The Kier molecular flexibility index (Phi) is 7.36. The SMILES string of the molecule is O=C(CCCC(=O)N1CCCC2CCCCC21)CCC1CCCCC1. The van der Waals surface area contributed by atoms with Crippen LogP contribution < -0.4 is 0 Å². The number of fused-ring (bicyclic) bond motifs is 1. The lowest BCUT2D eigenvalue weighted by Gasteiger charge is -2.44. The van der Waals surface area contributed by atoms with Gasteiger partial charge < -0.3 is 4.90 Å². The van der Waals surface area contributed by atoms with Crippen molar-refractivity contribution >= 4 is 11.7 Å². The molecule has 3 aliphatic rings. The minimum atomic E-state index is 0.316. The van der Waals surface area contributed by atoms with Crippen LogP contribution in [0.15, 0.2) is 0 Å². The van der Waals surface area contributed by atoms with Gasteiger partial charge in [-0.15, -0.1) is 0 Å². The fourth-order valence-electron chi connectivity index (χ4n) is 5.48. The summed E-state index contributed by atoms with van der Waals surface area (Å²) < 4.78 is 0. The van der Waals surface area contributed by atoms with Crippen LogP contribution in [0, 0.1) is 11.8 Å². The van der Waals surface area contributed by atoms with E-state index in [2.05, 4.69) is 4.90 Å². The number of nitrogens with zero attached hydrogens (tertiary/aromatic N) is 1. The van der Waals surface area contributed by atoms with Crippen LogP contribution >= 0.6 is 0 Å². The molecular weight excluding hydrogens is 310 g/mol. The highest BCUT2D eigenvalue weighted by Gasteiger charge is 2.35. The Balaban J connectivity index is 1.33. The number of carbonyl (C=O) groups excluding carboxylic acids is 2. The van der Waals surface area contributed by atoms with E-state index in [4.69, 9.17) is 0 Å². The van der Waals surface area contributed by atoms with Gasteiger partial charge >= 0.3 is 0 Å². The largest absolute Gasteiger partial charge is 0.339 e. The van der Waals surface area contributed by atoms with Crippen LogP contribution in [-0.4, -0.2) is 29.2 Å². The van der Waals surface area contributed by atoms with E-state index in [9.17, 15) is 9.59 Å². The lowest BCUT2D eigenvalue weighted by atomic mass is 9.78. The normalized spacial score (nSPS) is 27.8. The van der Waals surface area contributed by atoms with E-state index < -0.39 is 0 Å². The molecule has 0 radical (unpaired) electrons. The van der Waals surface area contributed by atoms with Gasteiger partial charge in [-0.05, 0) is 50.4 Å². The summed E-state index contributed by atoms with van der Waals surface area (Å²) in [7, 11) is 0. The number of amides is 1. The summed E-state index contributed by atoms with van der Waals surface area (Å²) in [6.45, 7) is 0.954. The smallest absolute Gasteiger partial charge is 0.222 e. The summed E-state index contributed by atoms with van der Waals surface area (Å²) in [5.74, 6) is 2.24. The van der Waals surface area contributed by atoms with Crippen LogP contribution in [0.4, 0.5) is 0 Å². The first-order valence-electron chi connectivity index (χ1n) is 11.0. The quantitative estimate of drug-likeness (QED) is 0.629. The zero-order chi connectivity index (χ0) is 17.5. The standard InChI is InChI=1S/C22H37NO2/c24-20(16-15-18-8-2-1-3-9-18)12-6-14-22(25)23-17-7-11-19-10-4-5-13-21(19)23/h18-19,21H,1-17H2. The van der Waals surface area contributed by atoms with Crippen molar-refractivity contribution in [1.82, 2.24) is 4.90 Å². The number of carbonyl (C=O) groups is 2. The van der Waals surface area contributed by atoms with Gasteiger partial charge in [0.1, 0.15) is 5.78 Å². The van der Waals surface area contributed by atoms with Crippen molar-refractivity contribution in [3.8, 4) is 0 Å². The number of piperidine rings is 1. The summed E-state index contributed by atoms with van der Waals surface area (Å²) in [4.78, 5) is 27.0. The second-order valence-corrected chi connectivity index (χ2v) is 8.78. The molecule has 2 aliphatic carbocycles. The highest BCUT2D eigenvalue weighted by molar-refractivity contribution is 5.80. The molecule has 3 heteroatoms. The molecule has 0 spiro atoms. The van der Waals surface area contributed by atoms with Gasteiger partial charge in [0.2, 0.25) is 5.91 Å². The second-order valence-electron chi connectivity index (χ2n) is 8.78. The zero-order valence-corrected chi connectivity index (χ0v) is 16.0. The Labute approximate surface area is 153 Å². The molecule has 142 valence electrons. The Morgan fingerprint density at radius 3 is 2.32 bits per heavy atom. The number of hydrogen-bond acceptors (Lipinski definition) is 2. The van der Waals surface area contributed by atoms with Crippen LogP contribution in [0.5, 0.6) is 0 Å². The summed E-state index contributed by atoms with van der Waals surface area (Å²) >= 11 is 0. The molecule has 2 atom stereocenters. The molecule has 3 rings (SSSR count). The molecule has 1 heterocycles. The monoisotopic (exact) mass is 347 g/mol. The molecule has 3 nitrogen and oxygen atoms in total. The molecular formula is C22H37NO2. The molecule has 1 aliphatic heterocycles. The average Bonchev–Trinajstić information content (AvgIpc) is 2.66. The van der Waals surface area contributed by atoms with E-state index in [1.165, 1.54) is 70.6 Å². The second kappa shape index (κ2) is 9.73. The predicted molar refractivity (Wildman–Crippen MR) is 101 cm³/mol. The van der Waals surface area contributed by atoms with E-state index in [-0.39, 0.29) is 0 Å². The van der Waals surface area contributed by atoms with Crippen LogP contribution in [-0.2, 0) is 9.59 Å². The third-order valence-corrected chi connectivity index (χ3v) is 6.97. The van der Waals surface area contributed by atoms with Gasteiger partial charge in [-0.3, -0.25) is 9.59 Å². The summed E-state index contributed by atoms with van der Waals surface area (Å²) in [6, 6.07) is 0.511. The first-order chi connectivity index (χ1) is 12.2. The number of Topliss-reactive ketones (excluding diaryl/α,β-unsaturated/α-hetero) is 1. The van der Waals surface area contributed by atoms with Crippen molar-refractivity contribution in [2.45, 2.75) is 109 Å². The maximum Gasteiger partial charge on any atom is 0.222 e. The van der Waals surface area contributed by atoms with E-state index in [0.717, 1.165) is 37.6 Å². The third kappa shape index (κ3) is 5.56. The lowest BCUT2D eigenvalue weighted by Crippen LogP contribution is -2.49.